The van der Waals surface area contributed by atoms with Crippen LogP contribution in [0.25, 0.3) is 28.7 Å². The molecule has 27 heavy (non-hydrogen) atoms. The van der Waals surface area contributed by atoms with Crippen LogP contribution in [0, 0.1) is 19.7 Å². The standard InChI is InChI=1S/C20H15FN4OS/c1-12-7-8-22-10-17(12)25-18(5-6-19-23-13(2)11-27-19)24-16-4-3-14(21)9-15(16)20(25)26/h3-11H,1-2H3. The molecule has 0 spiro atoms. The molecule has 4 rings (SSSR count). The molecular weight excluding hydrogens is 363 g/mol. The summed E-state index contributed by atoms with van der Waals surface area (Å²) in [5, 5.41) is 2.99. The lowest BCUT2D eigenvalue weighted by Gasteiger charge is -2.13. The van der Waals surface area contributed by atoms with Crippen LogP contribution in [0.2, 0.25) is 0 Å². The van der Waals surface area contributed by atoms with Crippen molar-refractivity contribution in [1.82, 2.24) is 19.5 Å². The molecule has 0 saturated carbocycles. The predicted octanol–water partition coefficient (Wildman–Crippen LogP) is 4.16. The molecule has 0 fully saturated rings. The Kier molecular flexibility index (Phi) is 4.37. The fourth-order valence-electron chi connectivity index (χ4n) is 2.80. The summed E-state index contributed by atoms with van der Waals surface area (Å²) < 4.78 is 15.2. The summed E-state index contributed by atoms with van der Waals surface area (Å²) in [6, 6.07) is 5.84. The van der Waals surface area contributed by atoms with Crippen molar-refractivity contribution in [1.29, 1.82) is 0 Å². The van der Waals surface area contributed by atoms with Crippen LogP contribution >= 0.6 is 11.3 Å². The summed E-state index contributed by atoms with van der Waals surface area (Å²) in [6.45, 7) is 3.81. The first-order valence-electron chi connectivity index (χ1n) is 8.26. The van der Waals surface area contributed by atoms with Gasteiger partial charge < -0.3 is 0 Å². The van der Waals surface area contributed by atoms with Gasteiger partial charge in [0.05, 0.1) is 22.8 Å². The van der Waals surface area contributed by atoms with E-state index in [4.69, 9.17) is 0 Å². The topological polar surface area (TPSA) is 60.7 Å². The Morgan fingerprint density at radius 2 is 2.00 bits per heavy atom. The predicted molar refractivity (Wildman–Crippen MR) is 106 cm³/mol. The van der Waals surface area contributed by atoms with Crippen molar-refractivity contribution in [3.63, 3.8) is 0 Å². The van der Waals surface area contributed by atoms with E-state index >= 15 is 0 Å². The van der Waals surface area contributed by atoms with Crippen LogP contribution in [0.1, 0.15) is 22.1 Å². The first-order valence-corrected chi connectivity index (χ1v) is 9.14. The van der Waals surface area contributed by atoms with E-state index in [1.165, 1.54) is 34.1 Å². The number of aryl methyl sites for hydroxylation is 2. The Morgan fingerprint density at radius 3 is 2.74 bits per heavy atom. The Morgan fingerprint density at radius 1 is 1.15 bits per heavy atom. The molecule has 0 bridgehead atoms. The quantitative estimate of drug-likeness (QED) is 0.537. The molecule has 0 amide bonds. The third-order valence-corrected chi connectivity index (χ3v) is 5.05. The molecule has 0 saturated heterocycles. The molecule has 0 aliphatic rings. The third-order valence-electron chi connectivity index (χ3n) is 4.12. The van der Waals surface area contributed by atoms with Gasteiger partial charge in [0.1, 0.15) is 16.6 Å². The molecule has 134 valence electrons. The Balaban J connectivity index is 2.00. The van der Waals surface area contributed by atoms with Crippen LogP contribution in [0.4, 0.5) is 4.39 Å². The normalized spacial score (nSPS) is 11.5. The summed E-state index contributed by atoms with van der Waals surface area (Å²) in [5.74, 6) is -0.0412. The van der Waals surface area contributed by atoms with Gasteiger partial charge in [-0.3, -0.25) is 14.3 Å². The van der Waals surface area contributed by atoms with E-state index in [2.05, 4.69) is 15.0 Å². The molecule has 5 nitrogen and oxygen atoms in total. The number of hydrogen-bond acceptors (Lipinski definition) is 5. The summed E-state index contributed by atoms with van der Waals surface area (Å²) >= 11 is 1.51. The van der Waals surface area contributed by atoms with Crippen molar-refractivity contribution < 1.29 is 4.39 Å². The molecular formula is C20H15FN4OS. The van der Waals surface area contributed by atoms with Crippen molar-refractivity contribution in [2.45, 2.75) is 13.8 Å². The smallest absolute Gasteiger partial charge is 0.266 e. The summed E-state index contributed by atoms with van der Waals surface area (Å²) in [5.41, 5.74) is 2.50. The highest BCUT2D eigenvalue weighted by Crippen LogP contribution is 2.19. The molecule has 0 unspecified atom stereocenters. The summed E-state index contributed by atoms with van der Waals surface area (Å²) in [7, 11) is 0. The fourth-order valence-corrected chi connectivity index (χ4v) is 3.49. The van der Waals surface area contributed by atoms with Crippen LogP contribution in [0.15, 0.2) is 46.8 Å². The number of hydrogen-bond donors (Lipinski definition) is 0. The Bertz CT molecular complexity index is 1240. The van der Waals surface area contributed by atoms with Crippen molar-refractivity contribution in [2.75, 3.05) is 0 Å². The van der Waals surface area contributed by atoms with Crippen LogP contribution < -0.4 is 5.56 Å². The molecule has 7 heteroatoms. The van der Waals surface area contributed by atoms with Gasteiger partial charge in [-0.05, 0) is 55.8 Å². The van der Waals surface area contributed by atoms with Gasteiger partial charge in [-0.15, -0.1) is 11.3 Å². The lowest BCUT2D eigenvalue weighted by Crippen LogP contribution is -2.23. The Labute approximate surface area is 158 Å². The monoisotopic (exact) mass is 378 g/mol. The van der Waals surface area contributed by atoms with E-state index in [9.17, 15) is 9.18 Å². The van der Waals surface area contributed by atoms with Crippen molar-refractivity contribution in [3.05, 3.63) is 80.3 Å². The van der Waals surface area contributed by atoms with E-state index in [1.54, 1.807) is 18.5 Å². The molecule has 0 aliphatic carbocycles. The van der Waals surface area contributed by atoms with E-state index in [-0.39, 0.29) is 10.9 Å². The van der Waals surface area contributed by atoms with Crippen LogP contribution in [-0.4, -0.2) is 19.5 Å². The second-order valence-electron chi connectivity index (χ2n) is 6.09. The molecule has 4 aromatic rings. The lowest BCUT2D eigenvalue weighted by atomic mass is 10.2. The average molecular weight is 378 g/mol. The SMILES string of the molecule is Cc1csc(C=Cc2nc3ccc(F)cc3c(=O)n2-c2cnccc2C)n1. The number of benzene rings is 1. The summed E-state index contributed by atoms with van der Waals surface area (Å²) in [6.07, 6.45) is 6.83. The number of aromatic nitrogens is 4. The third kappa shape index (κ3) is 3.29. The first-order chi connectivity index (χ1) is 13.0. The molecule has 3 aromatic heterocycles. The number of fused-ring (bicyclic) bond motifs is 1. The summed E-state index contributed by atoms with van der Waals surface area (Å²) in [4.78, 5) is 26.3. The highest BCUT2D eigenvalue weighted by Gasteiger charge is 2.14. The molecule has 0 radical (unpaired) electrons. The zero-order valence-electron chi connectivity index (χ0n) is 14.7. The lowest BCUT2D eigenvalue weighted by molar-refractivity contribution is 0.629. The van der Waals surface area contributed by atoms with Crippen molar-refractivity contribution >= 4 is 34.4 Å². The van der Waals surface area contributed by atoms with Gasteiger partial charge in [-0.1, -0.05) is 0 Å². The van der Waals surface area contributed by atoms with Gasteiger partial charge in [-0.25, -0.2) is 14.4 Å². The second kappa shape index (κ2) is 6.85. The minimum Gasteiger partial charge on any atom is -0.268 e. The minimum atomic E-state index is -0.475. The maximum absolute atomic E-state index is 13.7. The largest absolute Gasteiger partial charge is 0.268 e. The molecule has 0 atom stereocenters. The van der Waals surface area contributed by atoms with Crippen molar-refractivity contribution in [3.8, 4) is 5.69 Å². The van der Waals surface area contributed by atoms with Gasteiger partial charge in [-0.2, -0.15) is 0 Å². The van der Waals surface area contributed by atoms with E-state index in [0.717, 1.165) is 16.3 Å². The van der Waals surface area contributed by atoms with Gasteiger partial charge in [0.15, 0.2) is 0 Å². The van der Waals surface area contributed by atoms with Crippen LogP contribution in [0.5, 0.6) is 0 Å². The highest BCUT2D eigenvalue weighted by molar-refractivity contribution is 7.10. The minimum absolute atomic E-state index is 0.223. The van der Waals surface area contributed by atoms with Crippen LogP contribution in [-0.2, 0) is 0 Å². The number of nitrogens with zero attached hydrogens (tertiary/aromatic N) is 4. The van der Waals surface area contributed by atoms with Gasteiger partial charge in [0, 0.05) is 17.3 Å². The highest BCUT2D eigenvalue weighted by atomic mass is 32.1. The fraction of sp³-hybridized carbons (Fsp3) is 0.100. The molecule has 3 heterocycles. The maximum atomic E-state index is 13.7. The van der Waals surface area contributed by atoms with Crippen LogP contribution in [0.3, 0.4) is 0 Å². The average Bonchev–Trinajstić information content (AvgIpc) is 3.07. The zero-order valence-corrected chi connectivity index (χ0v) is 15.5. The van der Waals surface area contributed by atoms with E-state index < -0.39 is 5.82 Å². The maximum Gasteiger partial charge on any atom is 0.266 e. The van der Waals surface area contributed by atoms with Gasteiger partial charge >= 0.3 is 0 Å². The first kappa shape index (κ1) is 17.2. The van der Waals surface area contributed by atoms with Gasteiger partial charge in [0.2, 0.25) is 0 Å². The number of rotatable bonds is 3. The van der Waals surface area contributed by atoms with E-state index in [0.29, 0.717) is 17.0 Å². The number of halogens is 1. The molecule has 0 N–H and O–H groups in total. The number of pyridine rings is 1. The molecule has 0 aliphatic heterocycles. The number of thiazole rings is 1. The van der Waals surface area contributed by atoms with Crippen molar-refractivity contribution in [2.24, 2.45) is 0 Å². The molecule has 1 aromatic carbocycles. The second-order valence-corrected chi connectivity index (χ2v) is 6.98. The Hall–Kier alpha value is -3.19. The zero-order chi connectivity index (χ0) is 19.0. The van der Waals surface area contributed by atoms with Gasteiger partial charge in [0.25, 0.3) is 5.56 Å². The van der Waals surface area contributed by atoms with E-state index in [1.807, 2.05) is 31.4 Å².